The Morgan fingerprint density at radius 2 is 1.71 bits per heavy atom. The fourth-order valence-electron chi connectivity index (χ4n) is 6.52. The predicted molar refractivity (Wildman–Crippen MR) is 184 cm³/mol. The number of carboxylic acid groups (broad SMARTS) is 1. The van der Waals surface area contributed by atoms with Crippen molar-refractivity contribution in [2.45, 2.75) is 77.6 Å². The normalized spacial score (nSPS) is 30.0. The molecular formula is C29H42I2O9S2. The van der Waals surface area contributed by atoms with Gasteiger partial charge in [-0.25, -0.2) is 4.79 Å². The van der Waals surface area contributed by atoms with Gasteiger partial charge in [0.1, 0.15) is 6.29 Å². The Morgan fingerprint density at radius 3 is 2.17 bits per heavy atom. The number of ether oxygens (including phenoxy) is 1. The maximum Gasteiger partial charge on any atom is 0.335 e. The van der Waals surface area contributed by atoms with Crippen molar-refractivity contribution in [3.05, 3.63) is 47.0 Å². The molecule has 9 nitrogen and oxygen atoms in total. The molecule has 2 bridgehead atoms. The number of carbonyl (C=O) groups excluding carboxylic acids is 2. The molecule has 42 heavy (non-hydrogen) atoms. The van der Waals surface area contributed by atoms with Gasteiger partial charge in [0.15, 0.2) is 11.9 Å². The zero-order valence-corrected chi connectivity index (χ0v) is 30.4. The minimum absolute atomic E-state index is 0.0118. The van der Waals surface area contributed by atoms with E-state index in [4.69, 9.17) is 28.5 Å². The van der Waals surface area contributed by atoms with Crippen molar-refractivity contribution in [2.24, 2.45) is 23.2 Å². The molecule has 1 saturated heterocycles. The summed E-state index contributed by atoms with van der Waals surface area (Å²) >= 11 is 3.86. The highest BCUT2D eigenvalue weighted by atomic mass is 127. The summed E-state index contributed by atoms with van der Waals surface area (Å²) in [4.78, 5) is 32.5. The number of halogens is 2. The van der Waals surface area contributed by atoms with Gasteiger partial charge in [0.25, 0.3) is 0 Å². The Balaban J connectivity index is 0.000000430. The van der Waals surface area contributed by atoms with Gasteiger partial charge in [0.05, 0.1) is 42.3 Å². The second-order valence-electron chi connectivity index (χ2n) is 10.9. The number of aromatic carboxylic acids is 1. The van der Waals surface area contributed by atoms with Crippen molar-refractivity contribution in [1.82, 2.24) is 0 Å². The van der Waals surface area contributed by atoms with E-state index in [9.17, 15) is 14.7 Å². The predicted octanol–water partition coefficient (Wildman–Crippen LogP) is 6.99. The zero-order valence-electron chi connectivity index (χ0n) is 24.5. The number of aliphatic hydroxyl groups excluding tert-OH is 1. The number of benzene rings is 1. The summed E-state index contributed by atoms with van der Waals surface area (Å²) in [6.45, 7) is 8.49. The number of fused-ring (bicyclic) bond motifs is 5. The first-order valence-electron chi connectivity index (χ1n) is 13.5. The molecule has 1 aromatic carbocycles. The van der Waals surface area contributed by atoms with Crippen LogP contribution in [0.2, 0.25) is 0 Å². The quantitative estimate of drug-likeness (QED) is 0.108. The van der Waals surface area contributed by atoms with Crippen LogP contribution in [0.15, 0.2) is 41.5 Å². The van der Waals surface area contributed by atoms with E-state index < -0.39 is 23.1 Å². The Morgan fingerprint density at radius 1 is 1.14 bits per heavy atom. The van der Waals surface area contributed by atoms with E-state index in [2.05, 4.69) is 42.0 Å². The highest BCUT2D eigenvalue weighted by Gasteiger charge is 2.60. The smallest absolute Gasteiger partial charge is 0.335 e. The van der Waals surface area contributed by atoms with Crippen molar-refractivity contribution in [3.8, 4) is 0 Å². The van der Waals surface area contributed by atoms with Gasteiger partial charge in [-0.1, -0.05) is 37.6 Å². The van der Waals surface area contributed by atoms with Crippen LogP contribution in [0.1, 0.15) is 70.2 Å². The maximum atomic E-state index is 13.5. The van der Waals surface area contributed by atoms with Crippen molar-refractivity contribution in [3.63, 3.8) is 0 Å². The van der Waals surface area contributed by atoms with Gasteiger partial charge in [-0.05, 0) is 69.6 Å². The number of Topliss-reactive ketones (excluding diaryl/α,β-unsaturated/α-hetero) is 1. The molecular weight excluding hydrogens is 810 g/mol. The average molecular weight is 853 g/mol. The third-order valence-electron chi connectivity index (χ3n) is 8.63. The summed E-state index contributed by atoms with van der Waals surface area (Å²) in [5, 5.41) is 27.1. The third-order valence-corrected chi connectivity index (χ3v) is 9.52. The lowest BCUT2D eigenvalue weighted by Crippen LogP contribution is -2.61. The van der Waals surface area contributed by atoms with Crippen LogP contribution in [0.5, 0.6) is 0 Å². The topological polar surface area (TPSA) is 151 Å². The molecule has 3 fully saturated rings. The number of ketones is 1. The molecule has 6 unspecified atom stereocenters. The van der Waals surface area contributed by atoms with Gasteiger partial charge in [0.2, 0.25) is 0 Å². The second-order valence-corrected chi connectivity index (χ2v) is 13.6. The number of carbonyl (C=O) groups is 3. The average Bonchev–Trinajstić information content (AvgIpc) is 2.94. The standard InChI is InChI=1S/C19H27IO4S.C7H6O2.C2H4O.CH4O.HIOS/c1-10-6-7-19(22)8-12-11(4-5-14-13(12)9-23-14)16(21)17(24-25-20)15(10)18(19,2)3;8-7(9)6-4-2-1-3-5-6;1-2-3;1-2;1-3-2/h11-14,17,22H,4-9H2,1-3H3;1-5H,(H,8,9);2H,1H3;2H,1H3;2H. The summed E-state index contributed by atoms with van der Waals surface area (Å²) in [6.07, 6.45) is 4.65. The Labute approximate surface area is 281 Å². The lowest BCUT2D eigenvalue weighted by Gasteiger charge is -2.57. The van der Waals surface area contributed by atoms with Crippen LogP contribution in [0.4, 0.5) is 0 Å². The fourth-order valence-corrected chi connectivity index (χ4v) is 7.40. The molecule has 3 aliphatic carbocycles. The van der Waals surface area contributed by atoms with Crippen LogP contribution < -0.4 is 0 Å². The van der Waals surface area contributed by atoms with E-state index in [1.165, 1.54) is 21.7 Å². The number of aliphatic hydroxyl groups is 2. The second kappa shape index (κ2) is 19.3. The number of rotatable bonds is 3. The summed E-state index contributed by atoms with van der Waals surface area (Å²) in [6, 6.07) is 8.30. The van der Waals surface area contributed by atoms with E-state index in [-0.39, 0.29) is 17.6 Å². The largest absolute Gasteiger partial charge is 0.478 e. The fraction of sp³-hybridized carbons (Fsp3) is 0.621. The van der Waals surface area contributed by atoms with Crippen LogP contribution in [-0.2, 0) is 18.5 Å². The van der Waals surface area contributed by atoms with Crippen LogP contribution in [0, 0.1) is 23.2 Å². The Bertz CT molecular complexity index is 1040. The van der Waals surface area contributed by atoms with Gasteiger partial charge in [0, 0.05) is 66.8 Å². The summed E-state index contributed by atoms with van der Waals surface area (Å²) in [5.41, 5.74) is 1.35. The lowest BCUT2D eigenvalue weighted by molar-refractivity contribution is -0.198. The van der Waals surface area contributed by atoms with Crippen molar-refractivity contribution in [2.75, 3.05) is 13.7 Å². The van der Waals surface area contributed by atoms with Crippen LogP contribution in [-0.4, -0.2) is 69.4 Å². The minimum Gasteiger partial charge on any atom is -0.478 e. The van der Waals surface area contributed by atoms with Crippen LogP contribution in [0.25, 0.3) is 0 Å². The Kier molecular flexibility index (Phi) is 18.3. The maximum absolute atomic E-state index is 13.5. The van der Waals surface area contributed by atoms with Gasteiger partial charge in [-0.3, -0.25) is 8.98 Å². The molecule has 1 aliphatic heterocycles. The molecule has 13 heteroatoms. The van der Waals surface area contributed by atoms with Crippen LogP contribution in [0.3, 0.4) is 0 Å². The van der Waals surface area contributed by atoms with Gasteiger partial charge in [-0.2, -0.15) is 0 Å². The van der Waals surface area contributed by atoms with Crippen molar-refractivity contribution >= 4 is 78.9 Å². The molecule has 0 spiro atoms. The molecule has 2 saturated carbocycles. The van der Waals surface area contributed by atoms with E-state index >= 15 is 0 Å². The van der Waals surface area contributed by atoms with Gasteiger partial charge < -0.3 is 29.4 Å². The van der Waals surface area contributed by atoms with Crippen molar-refractivity contribution < 1.29 is 43.2 Å². The van der Waals surface area contributed by atoms with Gasteiger partial charge >= 0.3 is 5.97 Å². The first-order valence-corrected chi connectivity index (χ1v) is 20.1. The molecule has 238 valence electrons. The zero-order chi connectivity index (χ0) is 32.1. The minimum atomic E-state index is -0.879. The molecule has 1 heterocycles. The Hall–Kier alpha value is -0.270. The van der Waals surface area contributed by atoms with E-state index in [0.717, 1.165) is 60.5 Å². The molecule has 0 aromatic heterocycles. The number of hydrogen-bond donors (Lipinski definition) is 4. The van der Waals surface area contributed by atoms with Gasteiger partial charge in [-0.15, -0.1) is 0 Å². The molecule has 4 N–H and O–H groups in total. The molecule has 1 aromatic rings. The highest BCUT2D eigenvalue weighted by molar-refractivity contribution is 14.2. The molecule has 0 amide bonds. The van der Waals surface area contributed by atoms with E-state index in [1.54, 1.807) is 51.5 Å². The summed E-state index contributed by atoms with van der Waals surface area (Å²) in [7, 11) is 2.96. The number of allylic oxidation sites excluding steroid dienone is 1. The van der Waals surface area contributed by atoms with E-state index in [0.29, 0.717) is 24.0 Å². The number of aldehydes is 1. The molecule has 6 atom stereocenters. The summed E-state index contributed by atoms with van der Waals surface area (Å²) in [5.74, 6) is -0.0257. The third kappa shape index (κ3) is 9.61. The summed E-state index contributed by atoms with van der Waals surface area (Å²) < 4.78 is 19.2. The monoisotopic (exact) mass is 852 g/mol. The van der Waals surface area contributed by atoms with E-state index in [1.807, 2.05) is 0 Å². The first kappa shape index (κ1) is 39.8. The SMILES string of the molecule is CC1=C2C(OSI)C(=O)C3CCC4OCC4C3CC(O)(CC1)C2(C)C.CC=O.CO.O=C(O)c1ccccc1.OSI. The molecule has 4 aliphatic rings. The highest BCUT2D eigenvalue weighted by Crippen LogP contribution is 2.58. The lowest BCUT2D eigenvalue weighted by atomic mass is 9.52. The van der Waals surface area contributed by atoms with Crippen LogP contribution >= 0.6 is 60.8 Å². The molecule has 5 rings (SSSR count). The van der Waals surface area contributed by atoms with Crippen molar-refractivity contribution in [1.29, 1.82) is 0 Å². The number of carboxylic acids is 1. The number of hydrogen-bond acceptors (Lipinski definition) is 10. The molecule has 0 radical (unpaired) electrons. The first-order chi connectivity index (χ1) is 19.9.